The number of aromatic amines is 1. The van der Waals surface area contributed by atoms with Crippen LogP contribution in [-0.4, -0.2) is 26.3 Å². The third kappa shape index (κ3) is 3.61. The van der Waals surface area contributed by atoms with E-state index in [4.69, 9.17) is 11.0 Å². The number of H-pyrrole nitrogens is 1. The predicted octanol–water partition coefficient (Wildman–Crippen LogP) is 2.36. The van der Waals surface area contributed by atoms with Gasteiger partial charge in [0.2, 0.25) is 0 Å². The first-order valence-electron chi connectivity index (χ1n) is 7.72. The van der Waals surface area contributed by atoms with Gasteiger partial charge in [-0.3, -0.25) is 4.57 Å². The zero-order valence-electron chi connectivity index (χ0n) is 13.6. The van der Waals surface area contributed by atoms with E-state index in [1.54, 1.807) is 12.3 Å². The lowest BCUT2D eigenvalue weighted by atomic mass is 10.1. The molecule has 1 atom stereocenters. The van der Waals surface area contributed by atoms with Gasteiger partial charge >= 0.3 is 5.69 Å². The van der Waals surface area contributed by atoms with E-state index in [1.165, 1.54) is 22.2 Å². The van der Waals surface area contributed by atoms with Crippen LogP contribution in [0, 0.1) is 11.3 Å². The summed E-state index contributed by atoms with van der Waals surface area (Å²) in [4.78, 5) is 17.9. The van der Waals surface area contributed by atoms with Crippen LogP contribution in [0.3, 0.4) is 0 Å². The summed E-state index contributed by atoms with van der Waals surface area (Å²) in [7, 11) is 0. The van der Waals surface area contributed by atoms with Crippen molar-refractivity contribution in [3.63, 3.8) is 0 Å². The van der Waals surface area contributed by atoms with Gasteiger partial charge in [-0.1, -0.05) is 0 Å². The quantitative estimate of drug-likeness (QED) is 0.691. The van der Waals surface area contributed by atoms with Crippen molar-refractivity contribution in [3.8, 4) is 16.5 Å². The van der Waals surface area contributed by atoms with Gasteiger partial charge in [0.05, 0.1) is 12.4 Å². The molecular weight excluding hydrogens is 355 g/mol. The van der Waals surface area contributed by atoms with Gasteiger partial charge in [-0.25, -0.2) is 19.3 Å². The molecule has 3 rings (SSSR count). The number of halogens is 1. The lowest BCUT2D eigenvalue weighted by Crippen LogP contribution is -2.23. The van der Waals surface area contributed by atoms with Crippen LogP contribution in [0.25, 0.3) is 10.4 Å². The van der Waals surface area contributed by atoms with Crippen LogP contribution >= 0.6 is 11.3 Å². The van der Waals surface area contributed by atoms with E-state index in [9.17, 15) is 9.18 Å². The second-order valence-electron chi connectivity index (χ2n) is 5.51. The fourth-order valence-corrected chi connectivity index (χ4v) is 3.63. The molecule has 3 aromatic rings. The van der Waals surface area contributed by atoms with E-state index in [0.717, 1.165) is 15.3 Å². The minimum Gasteiger partial charge on any atom is -0.327 e. The van der Waals surface area contributed by atoms with Gasteiger partial charge in [0.25, 0.3) is 0 Å². The first-order valence-corrected chi connectivity index (χ1v) is 8.54. The molecule has 0 radical (unpaired) electrons. The lowest BCUT2D eigenvalue weighted by molar-refractivity contribution is 0.556. The van der Waals surface area contributed by atoms with Crippen LogP contribution in [0.2, 0.25) is 0 Å². The molecule has 0 aliphatic heterocycles. The zero-order valence-corrected chi connectivity index (χ0v) is 14.4. The SMILES string of the molecule is N#Cc1ccc(-c2ccc(C(C/C(=C\F)CN)n3cn[nH]c3=O)s2)cn1. The van der Waals surface area contributed by atoms with Crippen LogP contribution in [0.15, 0.2) is 53.5 Å². The average Bonchev–Trinajstić information content (AvgIpc) is 3.33. The van der Waals surface area contributed by atoms with Crippen molar-refractivity contribution in [2.45, 2.75) is 12.5 Å². The third-order valence-electron chi connectivity index (χ3n) is 3.90. The van der Waals surface area contributed by atoms with Crippen molar-refractivity contribution in [1.29, 1.82) is 5.26 Å². The molecule has 3 aromatic heterocycles. The molecule has 9 heteroatoms. The Balaban J connectivity index is 1.97. The summed E-state index contributed by atoms with van der Waals surface area (Å²) in [6.07, 6.45) is 3.76. The molecule has 0 amide bonds. The second kappa shape index (κ2) is 7.86. The number of nitrogens with one attached hydrogen (secondary N) is 1. The van der Waals surface area contributed by atoms with Gasteiger partial charge in [0.1, 0.15) is 18.1 Å². The maximum Gasteiger partial charge on any atom is 0.343 e. The Kier molecular flexibility index (Phi) is 5.36. The maximum atomic E-state index is 13.0. The molecule has 3 heterocycles. The molecule has 0 saturated carbocycles. The van der Waals surface area contributed by atoms with Gasteiger partial charge in [-0.15, -0.1) is 11.3 Å². The largest absolute Gasteiger partial charge is 0.343 e. The molecule has 0 bridgehead atoms. The molecule has 3 N–H and O–H groups in total. The molecule has 0 spiro atoms. The van der Waals surface area contributed by atoms with Crippen molar-refractivity contribution < 1.29 is 4.39 Å². The average molecular weight is 370 g/mol. The molecule has 26 heavy (non-hydrogen) atoms. The predicted molar refractivity (Wildman–Crippen MR) is 96.1 cm³/mol. The summed E-state index contributed by atoms with van der Waals surface area (Å²) in [5.41, 5.74) is 6.80. The van der Waals surface area contributed by atoms with E-state index in [-0.39, 0.29) is 18.7 Å². The first-order chi connectivity index (χ1) is 12.7. The molecule has 0 fully saturated rings. The zero-order chi connectivity index (χ0) is 18.5. The summed E-state index contributed by atoms with van der Waals surface area (Å²) in [6, 6.07) is 8.80. The normalized spacial score (nSPS) is 12.7. The monoisotopic (exact) mass is 370 g/mol. The Labute approximate surface area is 152 Å². The summed E-state index contributed by atoms with van der Waals surface area (Å²) in [6.45, 7) is 0.0668. The van der Waals surface area contributed by atoms with Crippen LogP contribution in [0.1, 0.15) is 23.0 Å². The van der Waals surface area contributed by atoms with E-state index in [1.807, 2.05) is 24.3 Å². The topological polar surface area (TPSA) is 113 Å². The Bertz CT molecular complexity index is 1010. The fraction of sp³-hybridized carbons (Fsp3) is 0.176. The standard InChI is InChI=1S/C17H15FN6OS/c18-6-11(7-19)5-14(24-10-22-23-17(24)25)16-4-3-15(26-16)12-1-2-13(8-20)21-9-12/h1-4,6,9-10,14H,5,7,19H2,(H,23,25)/b11-6+. The highest BCUT2D eigenvalue weighted by molar-refractivity contribution is 7.15. The number of nitriles is 1. The summed E-state index contributed by atoms with van der Waals surface area (Å²) < 4.78 is 14.5. The minimum absolute atomic E-state index is 0.0668. The van der Waals surface area contributed by atoms with Crippen molar-refractivity contribution in [2.24, 2.45) is 5.73 Å². The molecule has 7 nitrogen and oxygen atoms in total. The number of rotatable bonds is 6. The summed E-state index contributed by atoms with van der Waals surface area (Å²) in [5.74, 6) is 0. The highest BCUT2D eigenvalue weighted by atomic mass is 32.1. The van der Waals surface area contributed by atoms with E-state index < -0.39 is 6.04 Å². The van der Waals surface area contributed by atoms with Crippen molar-refractivity contribution >= 4 is 11.3 Å². The van der Waals surface area contributed by atoms with Crippen molar-refractivity contribution in [3.05, 3.63) is 69.7 Å². The van der Waals surface area contributed by atoms with E-state index >= 15 is 0 Å². The fourth-order valence-electron chi connectivity index (χ4n) is 2.53. The number of nitrogens with two attached hydrogens (primary N) is 1. The number of thiophene rings is 1. The number of aromatic nitrogens is 4. The Morgan fingerprint density at radius 3 is 2.88 bits per heavy atom. The number of nitrogens with zero attached hydrogens (tertiary/aromatic N) is 4. The van der Waals surface area contributed by atoms with Crippen LogP contribution in [0.5, 0.6) is 0 Å². The smallest absolute Gasteiger partial charge is 0.327 e. The summed E-state index contributed by atoms with van der Waals surface area (Å²) >= 11 is 1.46. The molecular formula is C17H15FN6OS. The van der Waals surface area contributed by atoms with Crippen LogP contribution in [0.4, 0.5) is 4.39 Å². The number of hydrogen-bond donors (Lipinski definition) is 2. The number of hydrogen-bond acceptors (Lipinski definition) is 6. The van der Waals surface area contributed by atoms with Gasteiger partial charge in [0.15, 0.2) is 0 Å². The molecule has 0 aliphatic rings. The van der Waals surface area contributed by atoms with Gasteiger partial charge in [-0.2, -0.15) is 10.4 Å². The lowest BCUT2D eigenvalue weighted by Gasteiger charge is -2.16. The highest BCUT2D eigenvalue weighted by Gasteiger charge is 2.20. The minimum atomic E-state index is -0.420. The summed E-state index contributed by atoms with van der Waals surface area (Å²) in [5, 5.41) is 15.0. The Morgan fingerprint density at radius 1 is 1.46 bits per heavy atom. The first kappa shape index (κ1) is 17.7. The molecule has 0 aliphatic carbocycles. The second-order valence-corrected chi connectivity index (χ2v) is 6.62. The van der Waals surface area contributed by atoms with E-state index in [0.29, 0.717) is 17.6 Å². The van der Waals surface area contributed by atoms with Crippen molar-refractivity contribution in [1.82, 2.24) is 19.7 Å². The van der Waals surface area contributed by atoms with Gasteiger partial charge < -0.3 is 5.73 Å². The van der Waals surface area contributed by atoms with Gasteiger partial charge in [0, 0.05) is 28.1 Å². The molecule has 1 unspecified atom stereocenters. The van der Waals surface area contributed by atoms with E-state index in [2.05, 4.69) is 15.2 Å². The van der Waals surface area contributed by atoms with Gasteiger partial charge in [-0.05, 0) is 36.3 Å². The third-order valence-corrected chi connectivity index (χ3v) is 5.14. The number of pyridine rings is 1. The Hall–Kier alpha value is -3.09. The molecule has 132 valence electrons. The van der Waals surface area contributed by atoms with Crippen LogP contribution < -0.4 is 11.4 Å². The van der Waals surface area contributed by atoms with Crippen LogP contribution in [-0.2, 0) is 0 Å². The highest BCUT2D eigenvalue weighted by Crippen LogP contribution is 2.35. The maximum absolute atomic E-state index is 13.0. The molecule has 0 saturated heterocycles. The molecule has 0 aromatic carbocycles. The van der Waals surface area contributed by atoms with Crippen molar-refractivity contribution in [2.75, 3.05) is 6.54 Å². The Morgan fingerprint density at radius 2 is 2.31 bits per heavy atom.